The summed E-state index contributed by atoms with van der Waals surface area (Å²) in [6, 6.07) is 9.26. The summed E-state index contributed by atoms with van der Waals surface area (Å²) in [6.45, 7) is 5.97. The molecule has 3 nitrogen and oxygen atoms in total. The van der Waals surface area contributed by atoms with Gasteiger partial charge in [0.1, 0.15) is 0 Å². The van der Waals surface area contributed by atoms with E-state index in [1.807, 2.05) is 0 Å². The van der Waals surface area contributed by atoms with Crippen molar-refractivity contribution in [1.82, 2.24) is 5.32 Å². The molecular formula is C18H27NO2. The van der Waals surface area contributed by atoms with Crippen molar-refractivity contribution in [3.63, 3.8) is 0 Å². The van der Waals surface area contributed by atoms with Gasteiger partial charge in [0.25, 0.3) is 0 Å². The van der Waals surface area contributed by atoms with E-state index in [0.717, 1.165) is 39.2 Å². The van der Waals surface area contributed by atoms with Crippen molar-refractivity contribution in [3.8, 4) is 0 Å². The van der Waals surface area contributed by atoms with Gasteiger partial charge >= 0.3 is 0 Å². The van der Waals surface area contributed by atoms with E-state index in [-0.39, 0.29) is 6.10 Å². The predicted octanol–water partition coefficient (Wildman–Crippen LogP) is 3.10. The van der Waals surface area contributed by atoms with Crippen molar-refractivity contribution in [2.45, 2.75) is 44.8 Å². The zero-order valence-corrected chi connectivity index (χ0v) is 13.0. The van der Waals surface area contributed by atoms with Gasteiger partial charge in [0.05, 0.1) is 19.3 Å². The lowest BCUT2D eigenvalue weighted by Gasteiger charge is -2.32. The Hall–Kier alpha value is -0.900. The third-order valence-electron chi connectivity index (χ3n) is 4.75. The van der Waals surface area contributed by atoms with Crippen LogP contribution in [0.25, 0.3) is 0 Å². The Morgan fingerprint density at radius 3 is 3.00 bits per heavy atom. The molecule has 3 unspecified atom stereocenters. The van der Waals surface area contributed by atoms with Crippen LogP contribution >= 0.6 is 0 Å². The van der Waals surface area contributed by atoms with Gasteiger partial charge in [-0.1, -0.05) is 31.2 Å². The largest absolute Gasteiger partial charge is 0.381 e. The minimum atomic E-state index is 0.241. The molecule has 2 aliphatic rings. The molecule has 1 aromatic carbocycles. The summed E-state index contributed by atoms with van der Waals surface area (Å²) in [5.41, 5.74) is 2.86. The number of nitrogens with one attached hydrogen (secondary N) is 1. The highest BCUT2D eigenvalue weighted by molar-refractivity contribution is 5.31. The number of benzene rings is 1. The smallest absolute Gasteiger partial charge is 0.0842 e. The molecule has 0 bridgehead atoms. The molecule has 2 heterocycles. The molecule has 0 amide bonds. The molecular weight excluding hydrogens is 262 g/mol. The average Bonchev–Trinajstić information content (AvgIpc) is 3.06. The molecule has 3 rings (SSSR count). The SMILES string of the molecule is CCCNC(CC1OCCc2ccccc21)C1CCOC1. The van der Waals surface area contributed by atoms with E-state index in [1.54, 1.807) is 0 Å². The number of rotatable bonds is 6. The topological polar surface area (TPSA) is 30.5 Å². The van der Waals surface area contributed by atoms with Crippen LogP contribution in [0.5, 0.6) is 0 Å². The van der Waals surface area contributed by atoms with E-state index >= 15 is 0 Å². The maximum atomic E-state index is 6.09. The zero-order valence-electron chi connectivity index (χ0n) is 13.0. The highest BCUT2D eigenvalue weighted by atomic mass is 16.5. The fraction of sp³-hybridized carbons (Fsp3) is 0.667. The Bertz CT molecular complexity index is 443. The van der Waals surface area contributed by atoms with Gasteiger partial charge in [-0.3, -0.25) is 0 Å². The second-order valence-electron chi connectivity index (χ2n) is 6.23. The highest BCUT2D eigenvalue weighted by Gasteiger charge is 2.30. The first-order valence-electron chi connectivity index (χ1n) is 8.39. The lowest BCUT2D eigenvalue weighted by Crippen LogP contribution is -2.39. The van der Waals surface area contributed by atoms with Crippen LogP contribution in [0.3, 0.4) is 0 Å². The summed E-state index contributed by atoms with van der Waals surface area (Å²) in [6.07, 6.45) is 4.70. The summed E-state index contributed by atoms with van der Waals surface area (Å²) in [7, 11) is 0. The average molecular weight is 289 g/mol. The van der Waals surface area contributed by atoms with E-state index < -0.39 is 0 Å². The maximum Gasteiger partial charge on any atom is 0.0842 e. The molecule has 1 fully saturated rings. The predicted molar refractivity (Wildman–Crippen MR) is 84.5 cm³/mol. The van der Waals surface area contributed by atoms with Gasteiger partial charge in [0.2, 0.25) is 0 Å². The van der Waals surface area contributed by atoms with E-state index in [9.17, 15) is 0 Å². The first-order valence-corrected chi connectivity index (χ1v) is 8.39. The van der Waals surface area contributed by atoms with Gasteiger partial charge in [0.15, 0.2) is 0 Å². The van der Waals surface area contributed by atoms with Crippen LogP contribution in [0.4, 0.5) is 0 Å². The summed E-state index contributed by atoms with van der Waals surface area (Å²) in [4.78, 5) is 0. The molecule has 3 heteroatoms. The Balaban J connectivity index is 1.70. The van der Waals surface area contributed by atoms with Crippen LogP contribution in [0.1, 0.15) is 43.4 Å². The molecule has 0 aromatic heterocycles. The van der Waals surface area contributed by atoms with Crippen molar-refractivity contribution in [2.75, 3.05) is 26.4 Å². The molecule has 0 saturated carbocycles. The van der Waals surface area contributed by atoms with Crippen LogP contribution in [-0.4, -0.2) is 32.4 Å². The van der Waals surface area contributed by atoms with Crippen LogP contribution in [0.15, 0.2) is 24.3 Å². The number of fused-ring (bicyclic) bond motifs is 1. The second kappa shape index (κ2) is 7.39. The van der Waals surface area contributed by atoms with Crippen LogP contribution in [-0.2, 0) is 15.9 Å². The summed E-state index contributed by atoms with van der Waals surface area (Å²) in [5.74, 6) is 0.634. The Labute approximate surface area is 128 Å². The zero-order chi connectivity index (χ0) is 14.5. The van der Waals surface area contributed by atoms with Crippen LogP contribution in [0, 0.1) is 5.92 Å². The normalized spacial score (nSPS) is 26.5. The Kier molecular flexibility index (Phi) is 5.28. The molecule has 2 aliphatic heterocycles. The minimum Gasteiger partial charge on any atom is -0.381 e. The third kappa shape index (κ3) is 3.65. The first-order chi connectivity index (χ1) is 10.4. The number of hydrogen-bond acceptors (Lipinski definition) is 3. The lowest BCUT2D eigenvalue weighted by atomic mass is 9.88. The van der Waals surface area contributed by atoms with E-state index in [1.165, 1.54) is 24.0 Å². The summed E-state index contributed by atoms with van der Waals surface area (Å²) in [5, 5.41) is 3.73. The molecule has 116 valence electrons. The standard InChI is InChI=1S/C18H27NO2/c1-2-9-19-17(15-7-10-20-13-15)12-18-16-6-4-3-5-14(16)8-11-21-18/h3-6,15,17-19H,2,7-13H2,1H3. The van der Waals surface area contributed by atoms with Crippen molar-refractivity contribution in [3.05, 3.63) is 35.4 Å². The van der Waals surface area contributed by atoms with Crippen molar-refractivity contribution in [2.24, 2.45) is 5.92 Å². The minimum absolute atomic E-state index is 0.241. The van der Waals surface area contributed by atoms with Crippen molar-refractivity contribution in [1.29, 1.82) is 0 Å². The molecule has 1 aromatic rings. The summed E-state index contributed by atoms with van der Waals surface area (Å²) >= 11 is 0. The van der Waals surface area contributed by atoms with Crippen LogP contribution in [0.2, 0.25) is 0 Å². The van der Waals surface area contributed by atoms with Gasteiger partial charge in [-0.2, -0.15) is 0 Å². The van der Waals surface area contributed by atoms with Gasteiger partial charge in [0, 0.05) is 12.6 Å². The molecule has 21 heavy (non-hydrogen) atoms. The molecule has 0 aliphatic carbocycles. The van der Waals surface area contributed by atoms with E-state index in [4.69, 9.17) is 9.47 Å². The van der Waals surface area contributed by atoms with Crippen molar-refractivity contribution < 1.29 is 9.47 Å². The monoisotopic (exact) mass is 289 g/mol. The maximum absolute atomic E-state index is 6.09. The number of ether oxygens (including phenoxy) is 2. The first kappa shape index (κ1) is 15.0. The molecule has 1 N–H and O–H groups in total. The van der Waals surface area contributed by atoms with Crippen LogP contribution < -0.4 is 5.32 Å². The van der Waals surface area contributed by atoms with Gasteiger partial charge < -0.3 is 14.8 Å². The quantitative estimate of drug-likeness (QED) is 0.873. The van der Waals surface area contributed by atoms with E-state index in [0.29, 0.717) is 12.0 Å². The third-order valence-corrected chi connectivity index (χ3v) is 4.75. The Morgan fingerprint density at radius 1 is 1.29 bits per heavy atom. The van der Waals surface area contributed by atoms with Gasteiger partial charge in [-0.05, 0) is 49.3 Å². The molecule has 0 radical (unpaired) electrons. The summed E-state index contributed by atoms with van der Waals surface area (Å²) < 4.78 is 11.7. The van der Waals surface area contributed by atoms with Crippen molar-refractivity contribution >= 4 is 0 Å². The molecule has 1 saturated heterocycles. The van der Waals surface area contributed by atoms with Gasteiger partial charge in [-0.25, -0.2) is 0 Å². The highest BCUT2D eigenvalue weighted by Crippen LogP contribution is 2.33. The fourth-order valence-corrected chi connectivity index (χ4v) is 3.54. The molecule has 3 atom stereocenters. The second-order valence-corrected chi connectivity index (χ2v) is 6.23. The number of hydrogen-bond donors (Lipinski definition) is 1. The fourth-order valence-electron chi connectivity index (χ4n) is 3.54. The lowest BCUT2D eigenvalue weighted by molar-refractivity contribution is 0.0237. The molecule has 0 spiro atoms. The van der Waals surface area contributed by atoms with Gasteiger partial charge in [-0.15, -0.1) is 0 Å². The Morgan fingerprint density at radius 2 is 2.19 bits per heavy atom. The van der Waals surface area contributed by atoms with E-state index in [2.05, 4.69) is 36.5 Å².